The fourth-order valence-corrected chi connectivity index (χ4v) is 1.54. The molecule has 0 saturated carbocycles. The first-order chi connectivity index (χ1) is 5.52. The van der Waals surface area contributed by atoms with E-state index in [4.69, 9.17) is 14.5 Å². The summed E-state index contributed by atoms with van der Waals surface area (Å²) < 4.78 is 16.4. The maximum atomic E-state index is 10.7. The van der Waals surface area contributed by atoms with Crippen LogP contribution in [0.4, 0.5) is 0 Å². The summed E-state index contributed by atoms with van der Waals surface area (Å²) >= 11 is 3.68. The van der Waals surface area contributed by atoms with Gasteiger partial charge in [-0.1, -0.05) is 12.8 Å². The summed E-state index contributed by atoms with van der Waals surface area (Å²) in [4.78, 5) is 17.4. The van der Waals surface area contributed by atoms with E-state index in [-0.39, 0.29) is 6.61 Å². The van der Waals surface area contributed by atoms with Crippen molar-refractivity contribution in [2.75, 3.05) is 19.8 Å². The van der Waals surface area contributed by atoms with Crippen molar-refractivity contribution < 1.29 is 19.1 Å². The SMILES string of the molecule is O=P(O)(O)N(S)C1COCCN1. The van der Waals surface area contributed by atoms with E-state index < -0.39 is 13.9 Å². The Hall–Kier alpha value is 0.380. The number of thiol groups is 1. The molecule has 0 bridgehead atoms. The smallest absolute Gasteiger partial charge is 0.377 e. The summed E-state index contributed by atoms with van der Waals surface area (Å²) in [6, 6.07) is 0. The van der Waals surface area contributed by atoms with Crippen LogP contribution in [0.25, 0.3) is 0 Å². The van der Waals surface area contributed by atoms with Gasteiger partial charge in [0.15, 0.2) is 0 Å². The fraction of sp³-hybridized carbons (Fsp3) is 1.00. The number of nitrogens with zero attached hydrogens (tertiary/aromatic N) is 1. The van der Waals surface area contributed by atoms with E-state index in [2.05, 4.69) is 18.1 Å². The lowest BCUT2D eigenvalue weighted by molar-refractivity contribution is 0.0531. The van der Waals surface area contributed by atoms with Crippen molar-refractivity contribution in [2.24, 2.45) is 0 Å². The molecule has 1 aliphatic rings. The third kappa shape index (κ3) is 2.70. The number of rotatable bonds is 2. The van der Waals surface area contributed by atoms with Gasteiger partial charge in [0.25, 0.3) is 0 Å². The van der Waals surface area contributed by atoms with Gasteiger partial charge in [0.1, 0.15) is 6.17 Å². The van der Waals surface area contributed by atoms with Crippen molar-refractivity contribution in [1.82, 2.24) is 9.39 Å². The molecule has 0 aromatic carbocycles. The predicted octanol–water partition coefficient (Wildman–Crippen LogP) is -0.828. The Balaban J connectivity index is 2.51. The highest BCUT2D eigenvalue weighted by Gasteiger charge is 2.31. The van der Waals surface area contributed by atoms with Gasteiger partial charge in [0.05, 0.1) is 13.2 Å². The average Bonchev–Trinajstić information content (AvgIpc) is 2.03. The van der Waals surface area contributed by atoms with Gasteiger partial charge >= 0.3 is 7.75 Å². The molecule has 1 unspecified atom stereocenters. The summed E-state index contributed by atoms with van der Waals surface area (Å²) in [6.07, 6.45) is -0.525. The normalized spacial score (nSPS) is 26.2. The molecule has 0 aromatic rings. The van der Waals surface area contributed by atoms with E-state index in [0.717, 1.165) is 0 Å². The third-order valence-electron chi connectivity index (χ3n) is 1.45. The number of ether oxygens (including phenoxy) is 1. The highest BCUT2D eigenvalue weighted by Crippen LogP contribution is 2.42. The minimum atomic E-state index is -4.27. The molecule has 0 aromatic heterocycles. The Kier molecular flexibility index (Phi) is 3.54. The lowest BCUT2D eigenvalue weighted by Crippen LogP contribution is -2.48. The van der Waals surface area contributed by atoms with Crippen LogP contribution in [-0.2, 0) is 9.30 Å². The molecule has 1 fully saturated rings. The van der Waals surface area contributed by atoms with E-state index in [1.807, 2.05) is 0 Å². The van der Waals surface area contributed by atoms with Crippen LogP contribution in [0, 0.1) is 0 Å². The molecule has 6 nitrogen and oxygen atoms in total. The van der Waals surface area contributed by atoms with Crippen LogP contribution in [0.2, 0.25) is 0 Å². The summed E-state index contributed by atoms with van der Waals surface area (Å²) in [6.45, 7) is 1.36. The van der Waals surface area contributed by atoms with Gasteiger partial charge in [0, 0.05) is 6.54 Å². The van der Waals surface area contributed by atoms with Crippen LogP contribution in [0.1, 0.15) is 0 Å². The minimum absolute atomic E-state index is 0.231. The van der Waals surface area contributed by atoms with Crippen molar-refractivity contribution in [1.29, 1.82) is 0 Å². The van der Waals surface area contributed by atoms with Crippen LogP contribution in [-0.4, -0.2) is 39.8 Å². The first-order valence-electron chi connectivity index (χ1n) is 3.37. The lowest BCUT2D eigenvalue weighted by Gasteiger charge is -2.30. The quantitative estimate of drug-likeness (QED) is 0.355. The maximum absolute atomic E-state index is 10.7. The zero-order valence-electron chi connectivity index (χ0n) is 6.25. The Morgan fingerprint density at radius 1 is 1.67 bits per heavy atom. The van der Waals surface area contributed by atoms with Crippen molar-refractivity contribution in [3.05, 3.63) is 0 Å². The topological polar surface area (TPSA) is 82.0 Å². The van der Waals surface area contributed by atoms with E-state index >= 15 is 0 Å². The molecule has 3 N–H and O–H groups in total. The molecule has 8 heteroatoms. The standard InChI is InChI=1S/C4H11N2O4PS/c7-11(8,9)6(12)4-3-10-2-1-5-4/h4-5,12H,1-3H2,(H2,7,8,9). The van der Waals surface area contributed by atoms with Gasteiger partial charge < -0.3 is 14.5 Å². The van der Waals surface area contributed by atoms with Crippen LogP contribution < -0.4 is 5.32 Å². The van der Waals surface area contributed by atoms with Crippen LogP contribution in [0.5, 0.6) is 0 Å². The van der Waals surface area contributed by atoms with Crippen molar-refractivity contribution >= 4 is 20.6 Å². The van der Waals surface area contributed by atoms with E-state index in [1.165, 1.54) is 0 Å². The Morgan fingerprint density at radius 2 is 2.33 bits per heavy atom. The van der Waals surface area contributed by atoms with Crippen molar-refractivity contribution in [3.8, 4) is 0 Å². The van der Waals surface area contributed by atoms with E-state index in [9.17, 15) is 4.57 Å². The molecule has 0 radical (unpaired) electrons. The molecule has 0 spiro atoms. The molecular formula is C4H11N2O4PS. The van der Waals surface area contributed by atoms with E-state index in [1.54, 1.807) is 0 Å². The van der Waals surface area contributed by atoms with Crippen LogP contribution >= 0.6 is 20.6 Å². The Labute approximate surface area is 75.6 Å². The zero-order valence-corrected chi connectivity index (χ0v) is 8.04. The zero-order chi connectivity index (χ0) is 9.19. The fourth-order valence-electron chi connectivity index (χ4n) is 0.881. The number of morpholine rings is 1. The molecular weight excluding hydrogens is 203 g/mol. The second-order valence-corrected chi connectivity index (χ2v) is 4.58. The number of hydrogen-bond donors (Lipinski definition) is 4. The predicted molar refractivity (Wildman–Crippen MR) is 45.5 cm³/mol. The van der Waals surface area contributed by atoms with Crippen molar-refractivity contribution in [3.63, 3.8) is 0 Å². The third-order valence-corrected chi connectivity index (χ3v) is 3.24. The number of nitrogens with one attached hydrogen (secondary N) is 1. The first kappa shape index (κ1) is 10.5. The van der Waals surface area contributed by atoms with Crippen LogP contribution in [0.15, 0.2) is 0 Å². The number of hydrogen-bond acceptors (Lipinski definition) is 4. The van der Waals surface area contributed by atoms with Gasteiger partial charge in [0.2, 0.25) is 0 Å². The summed E-state index contributed by atoms with van der Waals surface area (Å²) in [7, 11) is -4.27. The second-order valence-electron chi connectivity index (χ2n) is 2.38. The minimum Gasteiger partial charge on any atom is -0.377 e. The maximum Gasteiger partial charge on any atom is 0.413 e. The summed E-state index contributed by atoms with van der Waals surface area (Å²) in [5.41, 5.74) is 0. The van der Waals surface area contributed by atoms with Gasteiger partial charge in [-0.25, -0.2) is 4.57 Å². The Bertz CT molecular complexity index is 191. The van der Waals surface area contributed by atoms with Crippen LogP contribution in [0.3, 0.4) is 0 Å². The molecule has 1 saturated heterocycles. The molecule has 0 amide bonds. The van der Waals surface area contributed by atoms with Crippen molar-refractivity contribution in [2.45, 2.75) is 6.17 Å². The van der Waals surface area contributed by atoms with Gasteiger partial charge in [-0.3, -0.25) is 5.32 Å². The van der Waals surface area contributed by atoms with Gasteiger partial charge in [-0.2, -0.15) is 0 Å². The molecule has 1 heterocycles. The molecule has 1 rings (SSSR count). The monoisotopic (exact) mass is 214 g/mol. The lowest BCUT2D eigenvalue weighted by atomic mass is 10.4. The summed E-state index contributed by atoms with van der Waals surface area (Å²) in [5.74, 6) is 0. The largest absolute Gasteiger partial charge is 0.413 e. The Morgan fingerprint density at radius 3 is 2.75 bits per heavy atom. The highest BCUT2D eigenvalue weighted by atomic mass is 32.1. The molecule has 0 aliphatic carbocycles. The average molecular weight is 214 g/mol. The summed E-state index contributed by atoms with van der Waals surface area (Å²) in [5, 5.41) is 2.86. The molecule has 1 aliphatic heterocycles. The second kappa shape index (κ2) is 4.06. The van der Waals surface area contributed by atoms with Gasteiger partial charge in [-0.05, 0) is 0 Å². The highest BCUT2D eigenvalue weighted by molar-refractivity contribution is 7.84. The molecule has 72 valence electrons. The molecule has 1 atom stereocenters. The van der Waals surface area contributed by atoms with Gasteiger partial charge in [-0.15, -0.1) is 4.08 Å². The van der Waals surface area contributed by atoms with E-state index in [0.29, 0.717) is 17.2 Å². The molecule has 12 heavy (non-hydrogen) atoms. The first-order valence-corrected chi connectivity index (χ1v) is 5.33.